The molecule has 5 heteroatoms. The predicted octanol–water partition coefficient (Wildman–Crippen LogP) is 3.47. The number of ether oxygens (including phenoxy) is 2. The lowest BCUT2D eigenvalue weighted by Gasteiger charge is -2.42. The van der Waals surface area contributed by atoms with Gasteiger partial charge in [0, 0.05) is 24.6 Å². The minimum Gasteiger partial charge on any atom is -0.497 e. The fourth-order valence-electron chi connectivity index (χ4n) is 4.07. The van der Waals surface area contributed by atoms with Crippen LogP contribution in [0, 0.1) is 12.3 Å². The molecule has 1 heterocycles. The zero-order valence-corrected chi connectivity index (χ0v) is 16.9. The van der Waals surface area contributed by atoms with Gasteiger partial charge in [0.25, 0.3) is 5.91 Å². The van der Waals surface area contributed by atoms with Gasteiger partial charge in [-0.2, -0.15) is 0 Å². The third-order valence-electron chi connectivity index (χ3n) is 5.75. The van der Waals surface area contributed by atoms with Crippen molar-refractivity contribution in [2.75, 3.05) is 33.9 Å². The zero-order chi connectivity index (χ0) is 20.1. The number of aryl methyl sites for hydroxylation is 1. The molecule has 1 saturated heterocycles. The monoisotopic (exact) mass is 383 g/mol. The van der Waals surface area contributed by atoms with E-state index in [0.29, 0.717) is 30.2 Å². The molecular weight excluding hydrogens is 354 g/mol. The molecule has 5 nitrogen and oxygen atoms in total. The van der Waals surface area contributed by atoms with Crippen LogP contribution < -0.4 is 9.47 Å². The van der Waals surface area contributed by atoms with Gasteiger partial charge in [0.05, 0.1) is 26.4 Å². The highest BCUT2D eigenvalue weighted by Crippen LogP contribution is 2.36. The molecule has 1 amide bonds. The summed E-state index contributed by atoms with van der Waals surface area (Å²) in [6.07, 6.45) is 2.54. The Morgan fingerprint density at radius 2 is 1.96 bits per heavy atom. The van der Waals surface area contributed by atoms with Crippen LogP contribution in [-0.4, -0.2) is 49.8 Å². The lowest BCUT2D eigenvalue weighted by Crippen LogP contribution is -2.49. The zero-order valence-electron chi connectivity index (χ0n) is 16.9. The van der Waals surface area contributed by atoms with Crippen LogP contribution in [0.1, 0.15) is 34.3 Å². The minimum absolute atomic E-state index is 0.0604. The van der Waals surface area contributed by atoms with Gasteiger partial charge in [0.15, 0.2) is 0 Å². The molecule has 3 rings (SSSR count). The lowest BCUT2D eigenvalue weighted by atomic mass is 9.75. The molecule has 0 saturated carbocycles. The third kappa shape index (κ3) is 4.14. The van der Waals surface area contributed by atoms with Gasteiger partial charge in [-0.15, -0.1) is 0 Å². The Balaban J connectivity index is 1.83. The maximum absolute atomic E-state index is 13.2. The Labute approximate surface area is 166 Å². The van der Waals surface area contributed by atoms with Crippen LogP contribution in [0.5, 0.6) is 11.5 Å². The number of hydrogen-bond acceptors (Lipinski definition) is 4. The van der Waals surface area contributed by atoms with Gasteiger partial charge in [-0.05, 0) is 49.4 Å². The number of carbonyl (C=O) groups is 1. The van der Waals surface area contributed by atoms with Gasteiger partial charge in [0.2, 0.25) is 0 Å². The second-order valence-corrected chi connectivity index (χ2v) is 7.66. The van der Waals surface area contributed by atoms with E-state index in [4.69, 9.17) is 9.47 Å². The van der Waals surface area contributed by atoms with Gasteiger partial charge in [0.1, 0.15) is 11.5 Å². The fourth-order valence-corrected chi connectivity index (χ4v) is 4.07. The molecule has 1 fully saturated rings. The van der Waals surface area contributed by atoms with Crippen LogP contribution in [0.3, 0.4) is 0 Å². The number of aliphatic hydroxyl groups is 1. The second-order valence-electron chi connectivity index (χ2n) is 7.66. The van der Waals surface area contributed by atoms with Crippen molar-refractivity contribution in [3.8, 4) is 11.5 Å². The third-order valence-corrected chi connectivity index (χ3v) is 5.75. The summed E-state index contributed by atoms with van der Waals surface area (Å²) >= 11 is 0. The number of amides is 1. The Morgan fingerprint density at radius 3 is 2.64 bits per heavy atom. The molecule has 0 aliphatic carbocycles. The summed E-state index contributed by atoms with van der Waals surface area (Å²) in [4.78, 5) is 15.1. The number of aliphatic hydroxyl groups excluding tert-OH is 1. The van der Waals surface area contributed by atoms with Crippen molar-refractivity contribution in [2.45, 2.75) is 26.2 Å². The van der Waals surface area contributed by atoms with E-state index < -0.39 is 0 Å². The molecule has 2 aromatic carbocycles. The topological polar surface area (TPSA) is 59.0 Å². The number of methoxy groups -OCH3 is 2. The molecule has 1 aliphatic rings. The van der Waals surface area contributed by atoms with Crippen LogP contribution in [-0.2, 0) is 6.42 Å². The van der Waals surface area contributed by atoms with E-state index in [9.17, 15) is 9.90 Å². The molecule has 0 radical (unpaired) electrons. The largest absolute Gasteiger partial charge is 0.497 e. The Morgan fingerprint density at radius 1 is 1.18 bits per heavy atom. The number of benzene rings is 2. The van der Waals surface area contributed by atoms with E-state index in [-0.39, 0.29) is 17.9 Å². The first-order valence-electron chi connectivity index (χ1n) is 9.68. The number of carbonyl (C=O) groups excluding carboxylic acids is 1. The standard InChI is InChI=1S/C23H29NO4/c1-17-7-4-5-8-18(17)14-23(16-25)11-6-12-24(15-23)22(26)20-10-9-19(27-2)13-21(20)28-3/h4-5,7-10,13,25H,6,11-12,14-16H2,1-3H3/t23-/m1/s1. The first-order chi connectivity index (χ1) is 13.5. The van der Waals surface area contributed by atoms with E-state index in [0.717, 1.165) is 19.3 Å². The summed E-state index contributed by atoms with van der Waals surface area (Å²) in [7, 11) is 3.14. The van der Waals surface area contributed by atoms with Gasteiger partial charge in [-0.3, -0.25) is 4.79 Å². The maximum Gasteiger partial charge on any atom is 0.257 e. The molecule has 1 atom stereocenters. The first kappa shape index (κ1) is 20.2. The smallest absolute Gasteiger partial charge is 0.257 e. The highest BCUT2D eigenvalue weighted by atomic mass is 16.5. The van der Waals surface area contributed by atoms with Gasteiger partial charge in [-0.1, -0.05) is 24.3 Å². The molecule has 2 aromatic rings. The van der Waals surface area contributed by atoms with Crippen molar-refractivity contribution in [2.24, 2.45) is 5.41 Å². The summed E-state index contributed by atoms with van der Waals surface area (Å²) in [5, 5.41) is 10.3. The van der Waals surface area contributed by atoms with Crippen LogP contribution in [0.4, 0.5) is 0 Å². The average Bonchev–Trinajstić information content (AvgIpc) is 2.74. The molecular formula is C23H29NO4. The molecule has 150 valence electrons. The van der Waals surface area contributed by atoms with Crippen LogP contribution in [0.15, 0.2) is 42.5 Å². The second kappa shape index (κ2) is 8.65. The summed E-state index contributed by atoms with van der Waals surface area (Å²) in [6, 6.07) is 13.5. The van der Waals surface area contributed by atoms with Crippen LogP contribution in [0.2, 0.25) is 0 Å². The molecule has 1 N–H and O–H groups in total. The average molecular weight is 383 g/mol. The highest BCUT2D eigenvalue weighted by molar-refractivity contribution is 5.97. The molecule has 0 aromatic heterocycles. The van der Waals surface area contributed by atoms with Crippen LogP contribution in [0.25, 0.3) is 0 Å². The SMILES string of the molecule is COc1ccc(C(=O)N2CCC[C@@](CO)(Cc3ccccc3C)C2)c(OC)c1. The van der Waals surface area contributed by atoms with E-state index in [1.165, 1.54) is 11.1 Å². The molecule has 28 heavy (non-hydrogen) atoms. The Hall–Kier alpha value is -2.53. The molecule has 0 unspecified atom stereocenters. The molecule has 0 bridgehead atoms. The highest BCUT2D eigenvalue weighted by Gasteiger charge is 2.38. The summed E-state index contributed by atoms with van der Waals surface area (Å²) in [6.45, 7) is 3.37. The first-order valence-corrected chi connectivity index (χ1v) is 9.68. The Kier molecular flexibility index (Phi) is 6.25. The number of piperidine rings is 1. The van der Waals surface area contributed by atoms with Gasteiger partial charge < -0.3 is 19.5 Å². The van der Waals surface area contributed by atoms with Crippen molar-refractivity contribution in [1.82, 2.24) is 4.90 Å². The maximum atomic E-state index is 13.2. The fraction of sp³-hybridized carbons (Fsp3) is 0.435. The van der Waals surface area contributed by atoms with E-state index in [1.54, 1.807) is 32.4 Å². The molecule has 0 spiro atoms. The minimum atomic E-state index is -0.320. The molecule has 1 aliphatic heterocycles. The number of rotatable bonds is 6. The van der Waals surface area contributed by atoms with E-state index in [2.05, 4.69) is 19.1 Å². The van der Waals surface area contributed by atoms with Crippen molar-refractivity contribution in [1.29, 1.82) is 0 Å². The summed E-state index contributed by atoms with van der Waals surface area (Å²) in [5.41, 5.74) is 2.65. The quantitative estimate of drug-likeness (QED) is 0.830. The number of nitrogens with zero attached hydrogens (tertiary/aromatic N) is 1. The van der Waals surface area contributed by atoms with Crippen LogP contribution >= 0.6 is 0 Å². The summed E-state index contributed by atoms with van der Waals surface area (Å²) in [5.74, 6) is 1.08. The van der Waals surface area contributed by atoms with E-state index in [1.807, 2.05) is 17.0 Å². The van der Waals surface area contributed by atoms with Crippen molar-refractivity contribution in [3.05, 3.63) is 59.2 Å². The Bertz CT molecular complexity index is 835. The predicted molar refractivity (Wildman–Crippen MR) is 109 cm³/mol. The normalized spacial score (nSPS) is 19.4. The number of likely N-dealkylation sites (tertiary alicyclic amines) is 1. The van der Waals surface area contributed by atoms with Gasteiger partial charge in [-0.25, -0.2) is 0 Å². The van der Waals surface area contributed by atoms with Crippen molar-refractivity contribution in [3.63, 3.8) is 0 Å². The van der Waals surface area contributed by atoms with E-state index >= 15 is 0 Å². The van der Waals surface area contributed by atoms with Crippen molar-refractivity contribution >= 4 is 5.91 Å². The van der Waals surface area contributed by atoms with Gasteiger partial charge >= 0.3 is 0 Å². The number of hydrogen-bond donors (Lipinski definition) is 1. The lowest BCUT2D eigenvalue weighted by molar-refractivity contribution is 0.0269. The summed E-state index contributed by atoms with van der Waals surface area (Å²) < 4.78 is 10.6. The van der Waals surface area contributed by atoms with Crippen molar-refractivity contribution < 1.29 is 19.4 Å².